The Labute approximate surface area is 159 Å². The fraction of sp³-hybridized carbons (Fsp3) is 0.476. The van der Waals surface area contributed by atoms with Crippen LogP contribution in [0.4, 0.5) is 11.5 Å². The SMILES string of the molecule is CC1(C)Oc2ncnc(N)c2N=C1c1ccc(C2CCC(CO)CC2)cc1. The van der Waals surface area contributed by atoms with Gasteiger partial charge in [-0.05, 0) is 56.9 Å². The van der Waals surface area contributed by atoms with E-state index < -0.39 is 5.60 Å². The molecule has 0 spiro atoms. The molecule has 0 radical (unpaired) electrons. The molecule has 0 bridgehead atoms. The smallest absolute Gasteiger partial charge is 0.246 e. The molecule has 6 heteroatoms. The van der Waals surface area contributed by atoms with Gasteiger partial charge in [0.25, 0.3) is 0 Å². The van der Waals surface area contributed by atoms with Gasteiger partial charge in [-0.1, -0.05) is 24.3 Å². The third kappa shape index (κ3) is 3.41. The second-order valence-corrected chi connectivity index (χ2v) is 8.01. The fourth-order valence-corrected chi connectivity index (χ4v) is 4.10. The lowest BCUT2D eigenvalue weighted by atomic mass is 9.78. The van der Waals surface area contributed by atoms with Crippen molar-refractivity contribution in [1.29, 1.82) is 0 Å². The zero-order valence-electron chi connectivity index (χ0n) is 15.9. The van der Waals surface area contributed by atoms with Crippen LogP contribution in [-0.2, 0) is 0 Å². The van der Waals surface area contributed by atoms with Gasteiger partial charge in [0, 0.05) is 12.2 Å². The van der Waals surface area contributed by atoms with Gasteiger partial charge in [0.05, 0.1) is 5.71 Å². The molecule has 0 saturated heterocycles. The number of hydrogen-bond donors (Lipinski definition) is 2. The molecule has 1 aliphatic carbocycles. The summed E-state index contributed by atoms with van der Waals surface area (Å²) in [4.78, 5) is 12.9. The van der Waals surface area contributed by atoms with E-state index in [0.717, 1.165) is 37.0 Å². The highest BCUT2D eigenvalue weighted by atomic mass is 16.5. The Morgan fingerprint density at radius 2 is 1.81 bits per heavy atom. The Balaban J connectivity index is 1.61. The number of nitrogen functional groups attached to an aromatic ring is 1. The van der Waals surface area contributed by atoms with E-state index in [1.54, 1.807) is 0 Å². The van der Waals surface area contributed by atoms with Crippen molar-refractivity contribution in [3.8, 4) is 5.88 Å². The van der Waals surface area contributed by atoms with Crippen LogP contribution in [0.15, 0.2) is 35.6 Å². The number of anilines is 1. The van der Waals surface area contributed by atoms with Crippen molar-refractivity contribution in [3.05, 3.63) is 41.7 Å². The number of aliphatic imine (C=N–C) groups is 1. The lowest BCUT2D eigenvalue weighted by Gasteiger charge is -2.32. The van der Waals surface area contributed by atoms with Crippen LogP contribution in [0.3, 0.4) is 0 Å². The minimum absolute atomic E-state index is 0.314. The number of aromatic nitrogens is 2. The van der Waals surface area contributed by atoms with E-state index in [1.165, 1.54) is 11.9 Å². The molecule has 2 aromatic rings. The highest BCUT2D eigenvalue weighted by Crippen LogP contribution is 2.39. The van der Waals surface area contributed by atoms with Crippen LogP contribution < -0.4 is 10.5 Å². The van der Waals surface area contributed by atoms with Crippen LogP contribution in [0.25, 0.3) is 0 Å². The van der Waals surface area contributed by atoms with Crippen molar-refractivity contribution in [1.82, 2.24) is 9.97 Å². The number of hydrogen-bond acceptors (Lipinski definition) is 6. The maximum absolute atomic E-state index is 9.32. The highest BCUT2D eigenvalue weighted by molar-refractivity contribution is 6.09. The molecular formula is C21H26N4O2. The van der Waals surface area contributed by atoms with E-state index in [1.807, 2.05) is 13.8 Å². The van der Waals surface area contributed by atoms with Gasteiger partial charge in [-0.25, -0.2) is 9.98 Å². The lowest BCUT2D eigenvalue weighted by Crippen LogP contribution is -2.41. The number of fused-ring (bicyclic) bond motifs is 1. The average Bonchev–Trinajstić information content (AvgIpc) is 2.67. The summed E-state index contributed by atoms with van der Waals surface area (Å²) in [5, 5.41) is 9.32. The summed E-state index contributed by atoms with van der Waals surface area (Å²) in [6, 6.07) is 8.61. The first kappa shape index (κ1) is 17.9. The molecule has 142 valence electrons. The fourth-order valence-electron chi connectivity index (χ4n) is 4.10. The van der Waals surface area contributed by atoms with E-state index in [0.29, 0.717) is 35.8 Å². The predicted molar refractivity (Wildman–Crippen MR) is 106 cm³/mol. The minimum Gasteiger partial charge on any atom is -0.463 e. The summed E-state index contributed by atoms with van der Waals surface area (Å²) in [5.74, 6) is 1.80. The largest absolute Gasteiger partial charge is 0.463 e. The van der Waals surface area contributed by atoms with Crippen LogP contribution in [0.1, 0.15) is 56.6 Å². The number of rotatable bonds is 3. The first-order valence-corrected chi connectivity index (χ1v) is 9.58. The van der Waals surface area contributed by atoms with Crippen LogP contribution in [0, 0.1) is 5.92 Å². The first-order valence-electron chi connectivity index (χ1n) is 9.58. The molecule has 3 N–H and O–H groups in total. The lowest BCUT2D eigenvalue weighted by molar-refractivity contribution is 0.171. The van der Waals surface area contributed by atoms with Gasteiger partial charge in [0.1, 0.15) is 11.9 Å². The van der Waals surface area contributed by atoms with E-state index in [4.69, 9.17) is 15.5 Å². The molecule has 1 saturated carbocycles. The van der Waals surface area contributed by atoms with Crippen LogP contribution in [0.2, 0.25) is 0 Å². The van der Waals surface area contributed by atoms with E-state index in [9.17, 15) is 5.11 Å². The highest BCUT2D eigenvalue weighted by Gasteiger charge is 2.35. The van der Waals surface area contributed by atoms with Crippen LogP contribution in [0.5, 0.6) is 5.88 Å². The zero-order valence-corrected chi connectivity index (χ0v) is 15.9. The van der Waals surface area contributed by atoms with Crippen LogP contribution >= 0.6 is 0 Å². The second-order valence-electron chi connectivity index (χ2n) is 8.01. The molecule has 1 aromatic heterocycles. The van der Waals surface area contributed by atoms with Gasteiger partial charge < -0.3 is 15.6 Å². The van der Waals surface area contributed by atoms with Crippen molar-refractivity contribution in [3.63, 3.8) is 0 Å². The van der Waals surface area contributed by atoms with Gasteiger partial charge in [-0.15, -0.1) is 0 Å². The molecule has 27 heavy (non-hydrogen) atoms. The molecule has 1 aliphatic heterocycles. The monoisotopic (exact) mass is 366 g/mol. The molecule has 4 rings (SSSR count). The molecule has 0 amide bonds. The minimum atomic E-state index is -0.603. The van der Waals surface area contributed by atoms with E-state index in [2.05, 4.69) is 34.2 Å². The Morgan fingerprint density at radius 3 is 2.48 bits per heavy atom. The second kappa shape index (κ2) is 6.93. The Morgan fingerprint density at radius 1 is 1.11 bits per heavy atom. The van der Waals surface area contributed by atoms with Crippen molar-refractivity contribution in [2.75, 3.05) is 12.3 Å². The topological polar surface area (TPSA) is 93.6 Å². The molecule has 2 aliphatic rings. The number of aliphatic hydroxyl groups is 1. The van der Waals surface area contributed by atoms with E-state index >= 15 is 0 Å². The Hall–Kier alpha value is -2.47. The molecule has 0 atom stereocenters. The maximum atomic E-state index is 9.32. The number of nitrogens with two attached hydrogens (primary N) is 1. The van der Waals surface area contributed by atoms with E-state index in [-0.39, 0.29) is 0 Å². The Bertz CT molecular complexity index is 853. The number of nitrogens with zero attached hydrogens (tertiary/aromatic N) is 3. The van der Waals surface area contributed by atoms with Gasteiger partial charge in [0.2, 0.25) is 5.88 Å². The summed E-state index contributed by atoms with van der Waals surface area (Å²) in [6.07, 6.45) is 5.88. The van der Waals surface area contributed by atoms with Gasteiger partial charge in [-0.3, -0.25) is 0 Å². The van der Waals surface area contributed by atoms with Crippen molar-refractivity contribution in [2.24, 2.45) is 10.9 Å². The third-order valence-corrected chi connectivity index (χ3v) is 5.72. The molecule has 0 unspecified atom stereocenters. The molecular weight excluding hydrogens is 340 g/mol. The summed E-state index contributed by atoms with van der Waals surface area (Å²) < 4.78 is 6.05. The van der Waals surface area contributed by atoms with Crippen LogP contribution in [-0.4, -0.2) is 33.0 Å². The zero-order chi connectivity index (χ0) is 19.0. The van der Waals surface area contributed by atoms with Gasteiger partial charge in [-0.2, -0.15) is 4.98 Å². The molecule has 6 nitrogen and oxygen atoms in total. The summed E-state index contributed by atoms with van der Waals surface area (Å²) in [5.41, 5.74) is 9.05. The molecule has 2 heterocycles. The number of ether oxygens (including phenoxy) is 1. The third-order valence-electron chi connectivity index (χ3n) is 5.72. The van der Waals surface area contributed by atoms with Crippen molar-refractivity contribution in [2.45, 2.75) is 51.0 Å². The normalized spacial score (nSPS) is 23.9. The number of aliphatic hydroxyl groups excluding tert-OH is 1. The van der Waals surface area contributed by atoms with Crippen molar-refractivity contribution >= 4 is 17.2 Å². The average molecular weight is 366 g/mol. The summed E-state index contributed by atoms with van der Waals surface area (Å²) in [6.45, 7) is 4.28. The quantitative estimate of drug-likeness (QED) is 0.865. The molecule has 1 aromatic carbocycles. The summed E-state index contributed by atoms with van der Waals surface area (Å²) >= 11 is 0. The molecule has 1 fully saturated rings. The van der Waals surface area contributed by atoms with Gasteiger partial charge in [0.15, 0.2) is 11.5 Å². The summed E-state index contributed by atoms with van der Waals surface area (Å²) in [7, 11) is 0. The maximum Gasteiger partial charge on any atom is 0.246 e. The van der Waals surface area contributed by atoms with Crippen molar-refractivity contribution < 1.29 is 9.84 Å². The predicted octanol–water partition coefficient (Wildman–Crippen LogP) is 3.62. The standard InChI is InChI=1S/C21H26N4O2/c1-21(2)18(25-17-19(22)23-12-24-20(17)27-21)16-9-7-15(8-10-16)14-5-3-13(11-26)4-6-14/h7-10,12-14,26H,3-6,11H2,1-2H3,(H2,22,23,24). The first-order chi connectivity index (χ1) is 13.0. The van der Waals surface area contributed by atoms with Gasteiger partial charge >= 0.3 is 0 Å². The number of benzene rings is 1. The Kier molecular flexibility index (Phi) is 4.60.